The lowest BCUT2D eigenvalue weighted by Crippen LogP contribution is -1.87. The van der Waals surface area contributed by atoms with Crippen molar-refractivity contribution in [2.45, 2.75) is 0 Å². The SMILES string of the molecule is Clc1cc(-c2ccccc2)c(Cl)nn1. The molecule has 1 heterocycles. The highest BCUT2D eigenvalue weighted by Crippen LogP contribution is 2.26. The van der Waals surface area contributed by atoms with Gasteiger partial charge in [0.25, 0.3) is 0 Å². The van der Waals surface area contributed by atoms with E-state index < -0.39 is 0 Å². The highest BCUT2D eigenvalue weighted by molar-refractivity contribution is 6.33. The van der Waals surface area contributed by atoms with Crippen LogP contribution in [0.15, 0.2) is 36.4 Å². The Morgan fingerprint density at radius 1 is 0.929 bits per heavy atom. The molecule has 14 heavy (non-hydrogen) atoms. The molecule has 0 aliphatic carbocycles. The van der Waals surface area contributed by atoms with E-state index >= 15 is 0 Å². The minimum atomic E-state index is 0.341. The molecule has 0 aliphatic rings. The number of aromatic nitrogens is 2. The predicted molar refractivity (Wildman–Crippen MR) is 57.5 cm³/mol. The van der Waals surface area contributed by atoms with Crippen molar-refractivity contribution in [1.29, 1.82) is 0 Å². The summed E-state index contributed by atoms with van der Waals surface area (Å²) >= 11 is 11.6. The van der Waals surface area contributed by atoms with Crippen LogP contribution < -0.4 is 0 Å². The monoisotopic (exact) mass is 224 g/mol. The van der Waals surface area contributed by atoms with Crippen molar-refractivity contribution < 1.29 is 0 Å². The largest absolute Gasteiger partial charge is 0.159 e. The highest BCUT2D eigenvalue weighted by Gasteiger charge is 2.05. The Bertz CT molecular complexity index is 443. The highest BCUT2D eigenvalue weighted by atomic mass is 35.5. The second-order valence-electron chi connectivity index (χ2n) is 2.74. The van der Waals surface area contributed by atoms with Crippen molar-refractivity contribution in [3.63, 3.8) is 0 Å². The average Bonchev–Trinajstić information content (AvgIpc) is 2.23. The summed E-state index contributed by atoms with van der Waals surface area (Å²) in [5.74, 6) is 0. The van der Waals surface area contributed by atoms with Gasteiger partial charge in [-0.1, -0.05) is 53.5 Å². The number of hydrogen-bond donors (Lipinski definition) is 0. The first-order valence-corrected chi connectivity index (χ1v) is 4.77. The first-order valence-electron chi connectivity index (χ1n) is 4.01. The molecule has 4 heteroatoms. The second-order valence-corrected chi connectivity index (χ2v) is 3.48. The number of benzene rings is 1. The van der Waals surface area contributed by atoms with Crippen LogP contribution in [0.25, 0.3) is 11.1 Å². The maximum absolute atomic E-state index is 5.90. The fraction of sp³-hybridized carbons (Fsp3) is 0. The third kappa shape index (κ3) is 1.86. The van der Waals surface area contributed by atoms with Gasteiger partial charge < -0.3 is 0 Å². The van der Waals surface area contributed by atoms with Gasteiger partial charge in [0.1, 0.15) is 0 Å². The van der Waals surface area contributed by atoms with E-state index in [4.69, 9.17) is 23.2 Å². The molecule has 0 unspecified atom stereocenters. The lowest BCUT2D eigenvalue weighted by molar-refractivity contribution is 1.03. The van der Waals surface area contributed by atoms with Crippen molar-refractivity contribution in [3.05, 3.63) is 46.7 Å². The zero-order valence-electron chi connectivity index (χ0n) is 7.11. The molecule has 0 amide bonds. The van der Waals surface area contributed by atoms with Gasteiger partial charge in [0.05, 0.1) is 0 Å². The van der Waals surface area contributed by atoms with Crippen molar-refractivity contribution in [2.75, 3.05) is 0 Å². The van der Waals surface area contributed by atoms with E-state index in [9.17, 15) is 0 Å². The molecule has 1 aromatic heterocycles. The third-order valence-corrected chi connectivity index (χ3v) is 2.27. The molecule has 0 bridgehead atoms. The molecule has 0 N–H and O–H groups in total. The van der Waals surface area contributed by atoms with E-state index in [0.717, 1.165) is 11.1 Å². The summed E-state index contributed by atoms with van der Waals surface area (Å²) in [6.45, 7) is 0. The van der Waals surface area contributed by atoms with Gasteiger partial charge in [-0.3, -0.25) is 0 Å². The average molecular weight is 225 g/mol. The fourth-order valence-corrected chi connectivity index (χ4v) is 1.52. The Labute approximate surface area is 91.5 Å². The van der Waals surface area contributed by atoms with Crippen LogP contribution in [0.5, 0.6) is 0 Å². The first kappa shape index (κ1) is 9.44. The van der Waals surface area contributed by atoms with Crippen molar-refractivity contribution in [3.8, 4) is 11.1 Å². The standard InChI is InChI=1S/C10H6Cl2N2/c11-9-6-8(10(12)14-13-9)7-4-2-1-3-5-7/h1-6H. The predicted octanol–water partition coefficient (Wildman–Crippen LogP) is 3.45. The van der Waals surface area contributed by atoms with E-state index in [2.05, 4.69) is 10.2 Å². The van der Waals surface area contributed by atoms with Crippen LogP contribution in [0, 0.1) is 0 Å². The molecular weight excluding hydrogens is 219 g/mol. The van der Waals surface area contributed by atoms with Crippen molar-refractivity contribution >= 4 is 23.2 Å². The van der Waals surface area contributed by atoms with Crippen LogP contribution in [0.2, 0.25) is 10.3 Å². The number of hydrogen-bond acceptors (Lipinski definition) is 2. The normalized spacial score (nSPS) is 10.1. The molecular formula is C10H6Cl2N2. The topological polar surface area (TPSA) is 25.8 Å². The maximum atomic E-state index is 5.90. The molecule has 2 rings (SSSR count). The molecule has 2 aromatic rings. The van der Waals surface area contributed by atoms with Crippen LogP contribution in [0.3, 0.4) is 0 Å². The Morgan fingerprint density at radius 2 is 1.64 bits per heavy atom. The van der Waals surface area contributed by atoms with E-state index in [0.29, 0.717) is 10.3 Å². The summed E-state index contributed by atoms with van der Waals surface area (Å²) in [6, 6.07) is 11.4. The summed E-state index contributed by atoms with van der Waals surface area (Å²) < 4.78 is 0. The lowest BCUT2D eigenvalue weighted by Gasteiger charge is -2.02. The zero-order chi connectivity index (χ0) is 9.97. The van der Waals surface area contributed by atoms with Gasteiger partial charge in [0, 0.05) is 5.56 Å². The molecule has 0 saturated carbocycles. The minimum Gasteiger partial charge on any atom is -0.137 e. The van der Waals surface area contributed by atoms with E-state index in [1.54, 1.807) is 6.07 Å². The minimum absolute atomic E-state index is 0.341. The van der Waals surface area contributed by atoms with E-state index in [-0.39, 0.29) is 0 Å². The van der Waals surface area contributed by atoms with Gasteiger partial charge in [-0.25, -0.2) is 0 Å². The molecule has 0 saturated heterocycles. The van der Waals surface area contributed by atoms with Gasteiger partial charge in [-0.15, -0.1) is 10.2 Å². The number of halogens is 2. The van der Waals surface area contributed by atoms with Crippen LogP contribution >= 0.6 is 23.2 Å². The summed E-state index contributed by atoms with van der Waals surface area (Å²) in [7, 11) is 0. The van der Waals surface area contributed by atoms with Gasteiger partial charge >= 0.3 is 0 Å². The third-order valence-electron chi connectivity index (χ3n) is 1.80. The summed E-state index contributed by atoms with van der Waals surface area (Å²) in [5, 5.41) is 8.09. The molecule has 1 aromatic carbocycles. The molecule has 0 spiro atoms. The fourth-order valence-electron chi connectivity index (χ4n) is 1.17. The molecule has 0 aliphatic heterocycles. The van der Waals surface area contributed by atoms with Gasteiger partial charge in [-0.05, 0) is 11.6 Å². The van der Waals surface area contributed by atoms with Gasteiger partial charge in [0.2, 0.25) is 0 Å². The summed E-state index contributed by atoms with van der Waals surface area (Å²) in [5.41, 5.74) is 1.78. The summed E-state index contributed by atoms with van der Waals surface area (Å²) in [6.07, 6.45) is 0. The lowest BCUT2D eigenvalue weighted by atomic mass is 10.1. The van der Waals surface area contributed by atoms with Crippen LogP contribution in [0.1, 0.15) is 0 Å². The van der Waals surface area contributed by atoms with Gasteiger partial charge in [-0.2, -0.15) is 0 Å². The molecule has 0 fully saturated rings. The maximum Gasteiger partial charge on any atom is 0.159 e. The Kier molecular flexibility index (Phi) is 2.66. The Balaban J connectivity index is 2.57. The van der Waals surface area contributed by atoms with Crippen molar-refractivity contribution in [1.82, 2.24) is 10.2 Å². The van der Waals surface area contributed by atoms with Crippen molar-refractivity contribution in [2.24, 2.45) is 0 Å². The van der Waals surface area contributed by atoms with E-state index in [1.807, 2.05) is 30.3 Å². The second kappa shape index (κ2) is 3.95. The Morgan fingerprint density at radius 3 is 2.36 bits per heavy atom. The Hall–Kier alpha value is -1.12. The first-order chi connectivity index (χ1) is 6.77. The van der Waals surface area contributed by atoms with Crippen LogP contribution in [0.4, 0.5) is 0 Å². The molecule has 2 nitrogen and oxygen atoms in total. The van der Waals surface area contributed by atoms with Crippen LogP contribution in [-0.4, -0.2) is 10.2 Å². The summed E-state index contributed by atoms with van der Waals surface area (Å²) in [4.78, 5) is 0. The zero-order valence-corrected chi connectivity index (χ0v) is 8.63. The van der Waals surface area contributed by atoms with E-state index in [1.165, 1.54) is 0 Å². The molecule has 70 valence electrons. The van der Waals surface area contributed by atoms with Gasteiger partial charge in [0.15, 0.2) is 10.3 Å². The molecule has 0 radical (unpaired) electrons. The number of rotatable bonds is 1. The quantitative estimate of drug-likeness (QED) is 0.742. The number of nitrogens with zero attached hydrogens (tertiary/aromatic N) is 2. The van der Waals surface area contributed by atoms with Crippen LogP contribution in [-0.2, 0) is 0 Å². The smallest absolute Gasteiger partial charge is 0.137 e. The molecule has 0 atom stereocenters.